The third-order valence-electron chi connectivity index (χ3n) is 8.52. The van der Waals surface area contributed by atoms with Crippen LogP contribution >= 0.6 is 0 Å². The first kappa shape index (κ1) is 28.4. The maximum atomic E-state index is 12.3. The molecule has 3 aromatic heterocycles. The molecule has 2 aromatic carbocycles. The van der Waals surface area contributed by atoms with Gasteiger partial charge in [-0.1, -0.05) is 30.8 Å². The second kappa shape index (κ2) is 11.5. The molecule has 1 aliphatic heterocycles. The van der Waals surface area contributed by atoms with E-state index in [2.05, 4.69) is 96.1 Å². The molecule has 5 aromatic rings. The highest BCUT2D eigenvalue weighted by molar-refractivity contribution is 6.07. The molecule has 6 rings (SSSR count). The van der Waals surface area contributed by atoms with Gasteiger partial charge in [-0.3, -0.25) is 9.48 Å². The zero-order valence-corrected chi connectivity index (χ0v) is 25.6. The summed E-state index contributed by atoms with van der Waals surface area (Å²) in [5.41, 5.74) is 11.1. The third kappa shape index (κ3) is 5.46. The Kier molecular flexibility index (Phi) is 7.62. The zero-order valence-electron chi connectivity index (χ0n) is 25.6. The Hall–Kier alpha value is -4.69. The van der Waals surface area contributed by atoms with Gasteiger partial charge in [0.05, 0.1) is 11.9 Å². The van der Waals surface area contributed by atoms with Crippen LogP contribution in [-0.4, -0.2) is 63.8 Å². The van der Waals surface area contributed by atoms with Crippen molar-refractivity contribution in [3.05, 3.63) is 84.8 Å². The first-order valence-corrected chi connectivity index (χ1v) is 14.9. The molecule has 1 fully saturated rings. The van der Waals surface area contributed by atoms with Gasteiger partial charge in [-0.15, -0.1) is 0 Å². The molecule has 0 bridgehead atoms. The molecule has 0 radical (unpaired) electrons. The minimum atomic E-state index is -0.235. The Morgan fingerprint density at radius 1 is 1.00 bits per heavy atom. The number of aromatic nitrogens is 4. The Morgan fingerprint density at radius 2 is 1.72 bits per heavy atom. The van der Waals surface area contributed by atoms with E-state index in [4.69, 9.17) is 4.98 Å². The number of benzene rings is 2. The molecule has 0 spiro atoms. The minimum absolute atomic E-state index is 0.235. The molecular weight excluding hydrogens is 534 g/mol. The summed E-state index contributed by atoms with van der Waals surface area (Å²) in [6.45, 7) is 16.2. The van der Waals surface area contributed by atoms with Gasteiger partial charge in [-0.25, -0.2) is 4.98 Å². The van der Waals surface area contributed by atoms with Crippen molar-refractivity contribution in [2.75, 3.05) is 43.4 Å². The number of carbonyl (C=O) groups excluding carboxylic acids is 1. The third-order valence-corrected chi connectivity index (χ3v) is 8.52. The van der Waals surface area contributed by atoms with Crippen LogP contribution in [0.5, 0.6) is 0 Å². The van der Waals surface area contributed by atoms with E-state index in [0.29, 0.717) is 0 Å². The summed E-state index contributed by atoms with van der Waals surface area (Å²) in [6.07, 6.45) is 7.22. The quantitative estimate of drug-likeness (QED) is 0.209. The maximum Gasteiger partial charge on any atom is 0.247 e. The predicted molar refractivity (Wildman–Crippen MR) is 177 cm³/mol. The number of hydrogen-bond acceptors (Lipinski definition) is 5. The Labute approximate surface area is 253 Å². The summed E-state index contributed by atoms with van der Waals surface area (Å²) < 4.78 is 1.97. The Morgan fingerprint density at radius 3 is 2.40 bits per heavy atom. The van der Waals surface area contributed by atoms with Crippen molar-refractivity contribution in [2.45, 2.75) is 33.7 Å². The first-order valence-electron chi connectivity index (χ1n) is 14.9. The fourth-order valence-corrected chi connectivity index (χ4v) is 5.86. The number of likely N-dealkylation sites (N-methyl/N-ethyl adjacent to an activating group) is 1. The van der Waals surface area contributed by atoms with E-state index < -0.39 is 0 Å². The fraction of sp³-hybridized carbons (Fsp3) is 0.286. The Balaban J connectivity index is 1.51. The van der Waals surface area contributed by atoms with Gasteiger partial charge in [0.25, 0.3) is 0 Å². The lowest BCUT2D eigenvalue weighted by Gasteiger charge is -2.34. The number of aryl methyl sites for hydroxylation is 2. The number of fused-ring (bicyclic) bond motifs is 1. The number of amides is 1. The van der Waals surface area contributed by atoms with Gasteiger partial charge in [0.2, 0.25) is 5.91 Å². The lowest BCUT2D eigenvalue weighted by Crippen LogP contribution is -2.44. The van der Waals surface area contributed by atoms with Crippen LogP contribution in [0.4, 0.5) is 11.4 Å². The van der Waals surface area contributed by atoms with Crippen LogP contribution in [0.2, 0.25) is 0 Å². The van der Waals surface area contributed by atoms with Crippen LogP contribution in [0, 0.1) is 13.8 Å². The molecule has 1 saturated heterocycles. The first-order chi connectivity index (χ1) is 20.7. The fourth-order valence-electron chi connectivity index (χ4n) is 5.86. The van der Waals surface area contributed by atoms with Gasteiger partial charge >= 0.3 is 0 Å². The van der Waals surface area contributed by atoms with E-state index in [1.165, 1.54) is 11.8 Å². The molecular formula is C35H39N7O. The standard InChI is InChI=1S/C35H39N7O/c1-7-31(43)38-30-18-26(9-8-23(30)4)33-32-24(5)29(27-19-37-42(21-27)22(2)3)20-36-35(32)39-34(33)25-10-12-28(13-11-25)41-16-14-40(6)15-17-41/h7-13,18-22H,1,14-17H2,2-6H3,(H,36,39)(H,38,43). The number of carbonyl (C=O) groups is 1. The molecule has 1 aliphatic rings. The predicted octanol–water partition coefficient (Wildman–Crippen LogP) is 6.83. The van der Waals surface area contributed by atoms with E-state index in [-0.39, 0.29) is 11.9 Å². The van der Waals surface area contributed by atoms with Gasteiger partial charge in [0.15, 0.2) is 0 Å². The van der Waals surface area contributed by atoms with Crippen LogP contribution < -0.4 is 10.2 Å². The van der Waals surface area contributed by atoms with Gasteiger partial charge in [-0.05, 0) is 81.3 Å². The maximum absolute atomic E-state index is 12.3. The van der Waals surface area contributed by atoms with E-state index in [1.54, 1.807) is 0 Å². The molecule has 220 valence electrons. The molecule has 2 N–H and O–H groups in total. The van der Waals surface area contributed by atoms with E-state index in [0.717, 1.165) is 87.5 Å². The number of nitrogens with zero attached hydrogens (tertiary/aromatic N) is 5. The number of pyridine rings is 1. The molecule has 0 unspecified atom stereocenters. The minimum Gasteiger partial charge on any atom is -0.369 e. The van der Waals surface area contributed by atoms with Crippen LogP contribution in [0.1, 0.15) is 31.0 Å². The summed E-state index contributed by atoms with van der Waals surface area (Å²) in [6, 6.07) is 15.3. The van der Waals surface area contributed by atoms with Gasteiger partial charge < -0.3 is 20.1 Å². The van der Waals surface area contributed by atoms with Crippen molar-refractivity contribution in [1.82, 2.24) is 24.6 Å². The number of nitrogens with one attached hydrogen (secondary N) is 2. The smallest absolute Gasteiger partial charge is 0.247 e. The van der Waals surface area contributed by atoms with E-state index in [9.17, 15) is 4.79 Å². The van der Waals surface area contributed by atoms with E-state index in [1.807, 2.05) is 36.1 Å². The second-order valence-corrected chi connectivity index (χ2v) is 11.8. The van der Waals surface area contributed by atoms with Crippen LogP contribution in [-0.2, 0) is 4.79 Å². The second-order valence-electron chi connectivity index (χ2n) is 11.8. The highest BCUT2D eigenvalue weighted by Crippen LogP contribution is 2.43. The van der Waals surface area contributed by atoms with Crippen molar-refractivity contribution in [3.63, 3.8) is 0 Å². The van der Waals surface area contributed by atoms with Crippen LogP contribution in [0.15, 0.2) is 73.7 Å². The van der Waals surface area contributed by atoms with Crippen molar-refractivity contribution in [3.8, 4) is 33.5 Å². The summed E-state index contributed by atoms with van der Waals surface area (Å²) in [5.74, 6) is -0.235. The average molecular weight is 574 g/mol. The average Bonchev–Trinajstić information content (AvgIpc) is 3.65. The topological polar surface area (TPSA) is 82.1 Å². The summed E-state index contributed by atoms with van der Waals surface area (Å²) >= 11 is 0. The number of piperazine rings is 1. The van der Waals surface area contributed by atoms with Gasteiger partial charge in [0.1, 0.15) is 5.65 Å². The van der Waals surface area contributed by atoms with Crippen molar-refractivity contribution in [2.24, 2.45) is 0 Å². The zero-order chi connectivity index (χ0) is 30.2. The largest absolute Gasteiger partial charge is 0.369 e. The number of H-pyrrole nitrogens is 1. The number of anilines is 2. The summed E-state index contributed by atoms with van der Waals surface area (Å²) in [7, 11) is 2.18. The van der Waals surface area contributed by atoms with Crippen LogP contribution in [0.25, 0.3) is 44.5 Å². The summed E-state index contributed by atoms with van der Waals surface area (Å²) in [5, 5.41) is 8.61. The normalized spacial score (nSPS) is 14.0. The van der Waals surface area contributed by atoms with Gasteiger partial charge in [0, 0.05) is 78.1 Å². The molecule has 8 nitrogen and oxygen atoms in total. The number of hydrogen-bond donors (Lipinski definition) is 2. The lowest BCUT2D eigenvalue weighted by molar-refractivity contribution is -0.111. The monoisotopic (exact) mass is 573 g/mol. The molecule has 4 heterocycles. The molecule has 8 heteroatoms. The van der Waals surface area contributed by atoms with Crippen LogP contribution in [0.3, 0.4) is 0 Å². The van der Waals surface area contributed by atoms with Gasteiger partial charge in [-0.2, -0.15) is 5.10 Å². The molecule has 0 aliphatic carbocycles. The summed E-state index contributed by atoms with van der Waals surface area (Å²) in [4.78, 5) is 25.6. The molecule has 0 atom stereocenters. The molecule has 43 heavy (non-hydrogen) atoms. The Bertz CT molecular complexity index is 1800. The SMILES string of the molecule is C=CC(=O)Nc1cc(-c2c(-c3ccc(N4CCN(C)CC4)cc3)[nH]c3ncc(-c4cnn(C(C)C)c4)c(C)c23)ccc1C. The van der Waals surface area contributed by atoms with Crippen molar-refractivity contribution in [1.29, 1.82) is 0 Å². The highest BCUT2D eigenvalue weighted by atomic mass is 16.1. The lowest BCUT2D eigenvalue weighted by atomic mass is 9.93. The molecule has 0 saturated carbocycles. The highest BCUT2D eigenvalue weighted by Gasteiger charge is 2.22. The number of aromatic amines is 1. The molecule has 1 amide bonds. The van der Waals surface area contributed by atoms with Crippen molar-refractivity contribution < 1.29 is 4.79 Å². The van der Waals surface area contributed by atoms with E-state index >= 15 is 0 Å². The van der Waals surface area contributed by atoms with Crippen molar-refractivity contribution >= 4 is 28.3 Å². The number of rotatable bonds is 7.